The lowest BCUT2D eigenvalue weighted by molar-refractivity contribution is 0.313. The van der Waals surface area contributed by atoms with E-state index < -0.39 is 0 Å². The average molecular weight is 280 g/mol. The van der Waals surface area contributed by atoms with E-state index in [9.17, 15) is 0 Å². The summed E-state index contributed by atoms with van der Waals surface area (Å²) in [6.45, 7) is 9.66. The predicted octanol–water partition coefficient (Wildman–Crippen LogP) is 4.58. The first kappa shape index (κ1) is 15.0. The maximum Gasteiger partial charge on any atom is 0.0962 e. The second kappa shape index (κ2) is 5.92. The van der Waals surface area contributed by atoms with Gasteiger partial charge >= 0.3 is 0 Å². The normalized spacial score (nSPS) is 24.7. The molecule has 1 aromatic rings. The van der Waals surface area contributed by atoms with Gasteiger partial charge in [0.1, 0.15) is 0 Å². The largest absolute Gasteiger partial charge is 0.326 e. The highest BCUT2D eigenvalue weighted by molar-refractivity contribution is 7.11. The molecule has 108 valence electrons. The number of hydrogen-bond acceptors (Lipinski definition) is 3. The molecule has 0 bridgehead atoms. The molecule has 1 aliphatic rings. The van der Waals surface area contributed by atoms with Crippen LogP contribution in [-0.4, -0.2) is 4.98 Å². The first-order valence-corrected chi connectivity index (χ1v) is 8.47. The van der Waals surface area contributed by atoms with Gasteiger partial charge in [0.25, 0.3) is 0 Å². The number of aromatic nitrogens is 1. The lowest BCUT2D eigenvalue weighted by Gasteiger charge is -2.27. The van der Waals surface area contributed by atoms with Gasteiger partial charge in [-0.1, -0.05) is 47.0 Å². The molecular formula is C16H28N2S. The van der Waals surface area contributed by atoms with Crippen molar-refractivity contribution in [1.29, 1.82) is 0 Å². The number of hydrogen-bond donors (Lipinski definition) is 1. The van der Waals surface area contributed by atoms with Crippen molar-refractivity contribution in [2.24, 2.45) is 11.7 Å². The minimum Gasteiger partial charge on any atom is -0.326 e. The molecule has 0 spiro atoms. The van der Waals surface area contributed by atoms with Gasteiger partial charge < -0.3 is 5.73 Å². The third-order valence-electron chi connectivity index (χ3n) is 4.32. The fourth-order valence-corrected chi connectivity index (χ4v) is 4.46. The van der Waals surface area contributed by atoms with Gasteiger partial charge in [0.05, 0.1) is 10.7 Å². The smallest absolute Gasteiger partial charge is 0.0962 e. The second-order valence-electron chi connectivity index (χ2n) is 6.92. The summed E-state index contributed by atoms with van der Waals surface area (Å²) in [7, 11) is 0. The summed E-state index contributed by atoms with van der Waals surface area (Å²) in [5.74, 6) is 1.59. The minimum atomic E-state index is 0.113. The van der Waals surface area contributed by atoms with Crippen LogP contribution in [0, 0.1) is 5.92 Å². The Morgan fingerprint density at radius 1 is 1.32 bits per heavy atom. The molecule has 2 rings (SSSR count). The van der Waals surface area contributed by atoms with Crippen molar-refractivity contribution in [3.63, 3.8) is 0 Å². The van der Waals surface area contributed by atoms with Crippen LogP contribution in [0.1, 0.15) is 81.3 Å². The summed E-state index contributed by atoms with van der Waals surface area (Å²) >= 11 is 1.87. The van der Waals surface area contributed by atoms with Gasteiger partial charge in [0.2, 0.25) is 0 Å². The van der Waals surface area contributed by atoms with Gasteiger partial charge in [0.15, 0.2) is 0 Å². The molecule has 2 N–H and O–H groups in total. The number of nitrogens with zero attached hydrogens (tertiary/aromatic N) is 1. The molecule has 1 aromatic heterocycles. The summed E-state index contributed by atoms with van der Waals surface area (Å²) in [5.41, 5.74) is 7.26. The molecule has 2 unspecified atom stereocenters. The first-order valence-electron chi connectivity index (χ1n) is 7.65. The summed E-state index contributed by atoms with van der Waals surface area (Å²) in [6.07, 6.45) is 6.74. The quantitative estimate of drug-likeness (QED) is 0.880. The SMILES string of the molecule is CCC1CCCC(c2nc(C(C)(C)C)c(CN)s2)C1. The van der Waals surface area contributed by atoms with Gasteiger partial charge in [-0.25, -0.2) is 4.98 Å². The molecule has 3 heteroatoms. The van der Waals surface area contributed by atoms with Gasteiger partial charge in [-0.2, -0.15) is 0 Å². The Morgan fingerprint density at radius 3 is 2.58 bits per heavy atom. The topological polar surface area (TPSA) is 38.9 Å². The monoisotopic (exact) mass is 280 g/mol. The Labute approximate surface area is 121 Å². The summed E-state index contributed by atoms with van der Waals surface area (Å²) in [4.78, 5) is 6.28. The number of thiazole rings is 1. The Kier molecular flexibility index (Phi) is 4.67. The molecule has 0 saturated heterocycles. The Bertz CT molecular complexity index is 417. The highest BCUT2D eigenvalue weighted by Crippen LogP contribution is 2.41. The van der Waals surface area contributed by atoms with E-state index >= 15 is 0 Å². The molecule has 0 radical (unpaired) electrons. The van der Waals surface area contributed by atoms with Crippen LogP contribution in [-0.2, 0) is 12.0 Å². The Balaban J connectivity index is 2.23. The van der Waals surface area contributed by atoms with Crippen LogP contribution < -0.4 is 5.73 Å². The Morgan fingerprint density at radius 2 is 2.05 bits per heavy atom. The highest BCUT2D eigenvalue weighted by Gasteiger charge is 2.28. The van der Waals surface area contributed by atoms with E-state index in [2.05, 4.69) is 27.7 Å². The molecule has 19 heavy (non-hydrogen) atoms. The van der Waals surface area contributed by atoms with E-state index in [0.29, 0.717) is 12.5 Å². The molecular weight excluding hydrogens is 252 g/mol. The van der Waals surface area contributed by atoms with Crippen molar-refractivity contribution in [3.05, 3.63) is 15.6 Å². The lowest BCUT2D eigenvalue weighted by atomic mass is 9.80. The van der Waals surface area contributed by atoms with Crippen LogP contribution in [0.3, 0.4) is 0 Å². The third kappa shape index (κ3) is 3.38. The molecule has 1 fully saturated rings. The van der Waals surface area contributed by atoms with Crippen molar-refractivity contribution in [1.82, 2.24) is 4.98 Å². The van der Waals surface area contributed by atoms with Crippen LogP contribution in [0.2, 0.25) is 0 Å². The maximum absolute atomic E-state index is 5.91. The van der Waals surface area contributed by atoms with Crippen LogP contribution in [0.5, 0.6) is 0 Å². The van der Waals surface area contributed by atoms with Crippen molar-refractivity contribution in [2.75, 3.05) is 0 Å². The molecule has 0 aliphatic heterocycles. The fourth-order valence-electron chi connectivity index (χ4n) is 3.15. The summed E-state index contributed by atoms with van der Waals surface area (Å²) < 4.78 is 0. The van der Waals surface area contributed by atoms with Crippen molar-refractivity contribution >= 4 is 11.3 Å². The standard InChI is InChI=1S/C16H28N2S/c1-5-11-7-6-8-12(9-11)15-18-14(16(2,3)4)13(10-17)19-15/h11-12H,5-10,17H2,1-4H3. The molecule has 1 saturated carbocycles. The van der Waals surface area contributed by atoms with Gasteiger partial charge in [0, 0.05) is 22.8 Å². The molecule has 0 aromatic carbocycles. The van der Waals surface area contributed by atoms with Crippen LogP contribution in [0.4, 0.5) is 0 Å². The summed E-state index contributed by atoms with van der Waals surface area (Å²) in [6, 6.07) is 0. The van der Waals surface area contributed by atoms with E-state index in [4.69, 9.17) is 10.7 Å². The van der Waals surface area contributed by atoms with Crippen LogP contribution >= 0.6 is 11.3 Å². The maximum atomic E-state index is 5.91. The van der Waals surface area contributed by atoms with Crippen molar-refractivity contribution in [3.8, 4) is 0 Å². The lowest BCUT2D eigenvalue weighted by Crippen LogP contribution is -2.16. The molecule has 1 aliphatic carbocycles. The molecule has 2 nitrogen and oxygen atoms in total. The number of nitrogens with two attached hydrogens (primary N) is 1. The van der Waals surface area contributed by atoms with E-state index in [1.807, 2.05) is 11.3 Å². The zero-order chi connectivity index (χ0) is 14.0. The van der Waals surface area contributed by atoms with Crippen LogP contribution in [0.25, 0.3) is 0 Å². The molecule has 1 heterocycles. The van der Waals surface area contributed by atoms with E-state index in [1.54, 1.807) is 0 Å². The van der Waals surface area contributed by atoms with Gasteiger partial charge in [-0.05, 0) is 18.8 Å². The predicted molar refractivity (Wildman–Crippen MR) is 83.7 cm³/mol. The minimum absolute atomic E-state index is 0.113. The highest BCUT2D eigenvalue weighted by atomic mass is 32.1. The van der Waals surface area contributed by atoms with Crippen molar-refractivity contribution < 1.29 is 0 Å². The summed E-state index contributed by atoms with van der Waals surface area (Å²) in [5, 5.41) is 1.35. The van der Waals surface area contributed by atoms with Gasteiger partial charge in [-0.3, -0.25) is 0 Å². The van der Waals surface area contributed by atoms with Crippen molar-refractivity contribution in [2.45, 2.75) is 77.7 Å². The first-order chi connectivity index (χ1) is 8.95. The zero-order valence-electron chi connectivity index (χ0n) is 12.8. The van der Waals surface area contributed by atoms with Crippen LogP contribution in [0.15, 0.2) is 0 Å². The average Bonchev–Trinajstić information content (AvgIpc) is 2.83. The Hall–Kier alpha value is -0.410. The number of rotatable bonds is 3. The van der Waals surface area contributed by atoms with E-state index in [-0.39, 0.29) is 5.41 Å². The third-order valence-corrected chi connectivity index (χ3v) is 5.56. The molecule has 2 atom stereocenters. The molecule has 0 amide bonds. The zero-order valence-corrected chi connectivity index (χ0v) is 13.6. The van der Waals surface area contributed by atoms with Gasteiger partial charge in [-0.15, -0.1) is 11.3 Å². The van der Waals surface area contributed by atoms with E-state index in [0.717, 1.165) is 5.92 Å². The van der Waals surface area contributed by atoms with E-state index in [1.165, 1.54) is 47.7 Å². The fraction of sp³-hybridized carbons (Fsp3) is 0.812. The second-order valence-corrected chi connectivity index (χ2v) is 8.03.